The van der Waals surface area contributed by atoms with Gasteiger partial charge in [-0.15, -0.1) is 0 Å². The van der Waals surface area contributed by atoms with Crippen LogP contribution in [0.4, 0.5) is 5.69 Å². The third-order valence-electron chi connectivity index (χ3n) is 7.69. The molecule has 9 nitrogen and oxygen atoms in total. The number of ether oxygens (including phenoxy) is 2. The molecule has 1 amide bonds. The molecule has 1 saturated heterocycles. The normalized spacial score (nSPS) is 18.8. The van der Waals surface area contributed by atoms with Crippen molar-refractivity contribution >= 4 is 40.1 Å². The third-order valence-corrected chi connectivity index (χ3v) is 8.68. The zero-order valence-electron chi connectivity index (χ0n) is 23.3. The van der Waals surface area contributed by atoms with E-state index < -0.39 is 17.6 Å². The Bertz CT molecular complexity index is 1690. The average molecular weight is 582 g/mol. The van der Waals surface area contributed by atoms with Gasteiger partial charge in [0.15, 0.2) is 5.92 Å². The predicted octanol–water partition coefficient (Wildman–Crippen LogP) is 3.22. The molecule has 2 aliphatic heterocycles. The number of thioether (sulfide) groups is 1. The van der Waals surface area contributed by atoms with Crippen molar-refractivity contribution in [3.05, 3.63) is 87.5 Å². The molecule has 0 radical (unpaired) electrons. The summed E-state index contributed by atoms with van der Waals surface area (Å²) in [6.45, 7) is 3.57. The van der Waals surface area contributed by atoms with Crippen molar-refractivity contribution in [3.63, 3.8) is 0 Å². The number of aromatic nitrogens is 2. The first kappa shape index (κ1) is 28.0. The van der Waals surface area contributed by atoms with Gasteiger partial charge in [-0.1, -0.05) is 48.2 Å². The molecular weight excluding hydrogens is 550 g/mol. The Morgan fingerprint density at radius 3 is 2.81 bits per heavy atom. The highest BCUT2D eigenvalue weighted by Gasteiger charge is 2.33. The molecule has 1 aromatic carbocycles. The van der Waals surface area contributed by atoms with E-state index >= 15 is 0 Å². The monoisotopic (exact) mass is 581 g/mol. The summed E-state index contributed by atoms with van der Waals surface area (Å²) < 4.78 is 12.8. The van der Waals surface area contributed by atoms with E-state index in [0.717, 1.165) is 40.9 Å². The number of carbonyl (C=O) groups is 2. The Morgan fingerprint density at radius 1 is 1.24 bits per heavy atom. The van der Waals surface area contributed by atoms with E-state index in [4.69, 9.17) is 14.6 Å². The molecule has 4 aliphatic rings. The SMILES string of the molecule is COc1ccc(NC(=O)C(C#N)C(=O)c2nn(C3C=CCC=C3)c3c2=CSC2=CC=CCC=32)cc1CN1CCOCC1. The lowest BCUT2D eigenvalue weighted by atomic mass is 9.99. The smallest absolute Gasteiger partial charge is 0.249 e. The van der Waals surface area contributed by atoms with Gasteiger partial charge in [-0.2, -0.15) is 10.4 Å². The zero-order chi connectivity index (χ0) is 29.1. The van der Waals surface area contributed by atoms with Crippen LogP contribution in [0.25, 0.3) is 11.0 Å². The number of ketones is 1. The summed E-state index contributed by atoms with van der Waals surface area (Å²) in [5.74, 6) is -2.17. The molecule has 10 heteroatoms. The molecule has 2 aromatic rings. The minimum Gasteiger partial charge on any atom is -0.496 e. The van der Waals surface area contributed by atoms with Gasteiger partial charge in [-0.05, 0) is 48.1 Å². The van der Waals surface area contributed by atoms with Crippen LogP contribution < -0.4 is 20.6 Å². The summed E-state index contributed by atoms with van der Waals surface area (Å²) in [7, 11) is 1.61. The van der Waals surface area contributed by atoms with Crippen molar-refractivity contribution < 1.29 is 19.1 Å². The summed E-state index contributed by atoms with van der Waals surface area (Å²) in [6, 6.07) is 7.10. The molecule has 214 valence electrons. The van der Waals surface area contributed by atoms with Gasteiger partial charge in [0.25, 0.3) is 0 Å². The second-order valence-electron chi connectivity index (χ2n) is 10.3. The first-order chi connectivity index (χ1) is 20.6. The van der Waals surface area contributed by atoms with Gasteiger partial charge in [0.05, 0.1) is 37.8 Å². The number of benzene rings is 1. The number of nitriles is 1. The van der Waals surface area contributed by atoms with Crippen molar-refractivity contribution in [2.24, 2.45) is 5.92 Å². The van der Waals surface area contributed by atoms with Crippen LogP contribution in [0, 0.1) is 17.2 Å². The zero-order valence-corrected chi connectivity index (χ0v) is 24.1. The van der Waals surface area contributed by atoms with Crippen LogP contribution in [-0.4, -0.2) is 59.8 Å². The van der Waals surface area contributed by atoms with Gasteiger partial charge in [0, 0.05) is 41.0 Å². The number of methoxy groups -OCH3 is 1. The molecule has 0 saturated carbocycles. The molecular formula is C32H31N5O4S. The lowest BCUT2D eigenvalue weighted by Crippen LogP contribution is -2.38. The third kappa shape index (κ3) is 5.51. The molecule has 0 spiro atoms. The summed E-state index contributed by atoms with van der Waals surface area (Å²) in [6.07, 6.45) is 16.0. The number of amides is 1. The number of morpholine rings is 1. The van der Waals surface area contributed by atoms with E-state index in [-0.39, 0.29) is 11.7 Å². The van der Waals surface area contributed by atoms with Crippen LogP contribution >= 0.6 is 11.8 Å². The van der Waals surface area contributed by atoms with E-state index in [1.54, 1.807) is 19.2 Å². The Balaban J connectivity index is 1.30. The van der Waals surface area contributed by atoms with E-state index in [1.165, 1.54) is 11.8 Å². The molecule has 0 bridgehead atoms. The second-order valence-corrected chi connectivity index (χ2v) is 11.3. The second kappa shape index (κ2) is 12.4. The maximum absolute atomic E-state index is 13.9. The van der Waals surface area contributed by atoms with E-state index in [2.05, 4.69) is 46.7 Å². The van der Waals surface area contributed by atoms with E-state index in [9.17, 15) is 14.9 Å². The Morgan fingerprint density at radius 2 is 2.05 bits per heavy atom. The summed E-state index contributed by atoms with van der Waals surface area (Å²) in [4.78, 5) is 30.6. The fraction of sp³-hybridized carbons (Fsp3) is 0.312. The predicted molar refractivity (Wildman–Crippen MR) is 162 cm³/mol. The van der Waals surface area contributed by atoms with Crippen LogP contribution in [0.15, 0.2) is 65.6 Å². The van der Waals surface area contributed by atoms with Crippen molar-refractivity contribution in [2.75, 3.05) is 38.7 Å². The van der Waals surface area contributed by atoms with Gasteiger partial charge >= 0.3 is 0 Å². The molecule has 2 aliphatic carbocycles. The topological polar surface area (TPSA) is 109 Å². The van der Waals surface area contributed by atoms with Crippen LogP contribution in [0.2, 0.25) is 0 Å². The van der Waals surface area contributed by atoms with Crippen LogP contribution in [0.5, 0.6) is 5.75 Å². The number of carbonyl (C=O) groups excluding carboxylic acids is 2. The number of rotatable bonds is 8. The van der Waals surface area contributed by atoms with Crippen molar-refractivity contribution in [1.29, 1.82) is 5.26 Å². The van der Waals surface area contributed by atoms with E-state index in [0.29, 0.717) is 42.8 Å². The number of Topliss-reactive ketones (excluding diaryl/α,β-unsaturated/α-hetero) is 1. The number of anilines is 1. The van der Waals surface area contributed by atoms with Crippen LogP contribution in [0.1, 0.15) is 34.9 Å². The Kier molecular flexibility index (Phi) is 8.24. The van der Waals surface area contributed by atoms with Gasteiger partial charge in [0.1, 0.15) is 11.4 Å². The van der Waals surface area contributed by atoms with Crippen molar-refractivity contribution in [2.45, 2.75) is 25.4 Å². The van der Waals surface area contributed by atoms with Gasteiger partial charge in [-0.3, -0.25) is 19.2 Å². The summed E-state index contributed by atoms with van der Waals surface area (Å²) in [5.41, 5.74) is 2.61. The number of fused-ring (bicyclic) bond motifs is 2. The number of hydrogen-bond acceptors (Lipinski definition) is 8. The average Bonchev–Trinajstić information content (AvgIpc) is 3.43. The number of allylic oxidation sites excluding steroid dienone is 8. The van der Waals surface area contributed by atoms with Gasteiger partial charge < -0.3 is 14.8 Å². The lowest BCUT2D eigenvalue weighted by molar-refractivity contribution is -0.117. The van der Waals surface area contributed by atoms with Crippen molar-refractivity contribution in [1.82, 2.24) is 14.7 Å². The number of nitrogens with zero attached hydrogens (tertiary/aromatic N) is 4. The highest BCUT2D eigenvalue weighted by Crippen LogP contribution is 2.33. The van der Waals surface area contributed by atoms with Crippen LogP contribution in [-0.2, 0) is 16.1 Å². The fourth-order valence-electron chi connectivity index (χ4n) is 5.56. The molecule has 1 fully saturated rings. The summed E-state index contributed by atoms with van der Waals surface area (Å²) >= 11 is 1.53. The van der Waals surface area contributed by atoms with Crippen molar-refractivity contribution in [3.8, 4) is 11.8 Å². The quantitative estimate of drug-likeness (QED) is 0.288. The first-order valence-electron chi connectivity index (χ1n) is 14.0. The van der Waals surface area contributed by atoms with Gasteiger partial charge in [0.2, 0.25) is 11.7 Å². The number of hydrogen-bond donors (Lipinski definition) is 1. The molecule has 6 rings (SSSR count). The van der Waals surface area contributed by atoms with E-state index in [1.807, 2.05) is 28.3 Å². The van der Waals surface area contributed by atoms with Crippen LogP contribution in [0.3, 0.4) is 0 Å². The molecule has 1 N–H and O–H groups in total. The first-order valence-corrected chi connectivity index (χ1v) is 14.9. The minimum absolute atomic E-state index is 0.135. The Hall–Kier alpha value is -4.17. The number of nitrogens with one attached hydrogen (secondary N) is 1. The molecule has 1 atom stereocenters. The minimum atomic E-state index is -1.56. The highest BCUT2D eigenvalue weighted by molar-refractivity contribution is 8.10. The van der Waals surface area contributed by atoms with Gasteiger partial charge in [-0.25, -0.2) is 0 Å². The molecule has 1 unspecified atom stereocenters. The summed E-state index contributed by atoms with van der Waals surface area (Å²) in [5, 5.41) is 21.0. The maximum atomic E-state index is 13.9. The highest BCUT2D eigenvalue weighted by atomic mass is 32.2. The largest absolute Gasteiger partial charge is 0.496 e. The molecule has 42 heavy (non-hydrogen) atoms. The standard InChI is InChI=1S/C32H31N5O4S/c1-40-27-12-11-22(17-21(27)19-36-13-15-41-16-14-36)34-32(39)25(18-33)31(38)29-26-20-42-28-10-6-5-9-24(28)30(26)37(35-29)23-7-3-2-4-8-23/h3-8,10-12,17,20,23,25H,2,9,13-16,19H2,1H3,(H,34,39). The lowest BCUT2D eigenvalue weighted by Gasteiger charge is -2.27. The fourth-order valence-corrected chi connectivity index (χ4v) is 6.50. The molecule has 1 aromatic heterocycles. The Labute approximate surface area is 248 Å². The maximum Gasteiger partial charge on any atom is 0.249 e. The molecule has 3 heterocycles.